The van der Waals surface area contributed by atoms with Crippen LogP contribution in [-0.2, 0) is 16.0 Å². The van der Waals surface area contributed by atoms with Crippen molar-refractivity contribution in [1.29, 1.82) is 0 Å². The maximum absolute atomic E-state index is 12.7. The van der Waals surface area contributed by atoms with Gasteiger partial charge in [0.05, 0.1) is 11.5 Å². The molecule has 0 aliphatic heterocycles. The molecule has 0 spiro atoms. The van der Waals surface area contributed by atoms with E-state index in [0.717, 1.165) is 11.1 Å². The molecule has 132 valence electrons. The normalized spacial score (nSPS) is 12.5. The summed E-state index contributed by atoms with van der Waals surface area (Å²) in [7, 11) is 0. The number of hydrogen-bond donors (Lipinski definition) is 1. The van der Waals surface area contributed by atoms with Crippen molar-refractivity contribution in [3.8, 4) is 0 Å². The monoisotopic (exact) mass is 360 g/mol. The van der Waals surface area contributed by atoms with Crippen LogP contribution < -0.4 is 0 Å². The fourth-order valence-corrected chi connectivity index (χ4v) is 2.55. The SMILES string of the molecule is CC(C)(C)OC(=O)C(Cc1ccc(C(=O)O)cc1)c1ccc(Cl)cc1. The van der Waals surface area contributed by atoms with Crippen LogP contribution in [0.15, 0.2) is 48.5 Å². The van der Waals surface area contributed by atoms with E-state index in [-0.39, 0.29) is 11.5 Å². The number of rotatable bonds is 5. The average Bonchev–Trinajstić information content (AvgIpc) is 2.52. The second kappa shape index (κ2) is 7.70. The van der Waals surface area contributed by atoms with Gasteiger partial charge in [0.1, 0.15) is 5.60 Å². The van der Waals surface area contributed by atoms with Gasteiger partial charge in [-0.2, -0.15) is 0 Å². The molecule has 2 aromatic carbocycles. The molecule has 4 nitrogen and oxygen atoms in total. The number of hydrogen-bond acceptors (Lipinski definition) is 3. The van der Waals surface area contributed by atoms with Crippen molar-refractivity contribution in [1.82, 2.24) is 0 Å². The van der Waals surface area contributed by atoms with Crippen molar-refractivity contribution in [2.24, 2.45) is 0 Å². The van der Waals surface area contributed by atoms with Crippen LogP contribution in [0.25, 0.3) is 0 Å². The first-order chi connectivity index (χ1) is 11.7. The van der Waals surface area contributed by atoms with E-state index in [1.807, 2.05) is 32.9 Å². The molecule has 0 aromatic heterocycles. The van der Waals surface area contributed by atoms with Crippen molar-refractivity contribution in [3.63, 3.8) is 0 Å². The molecule has 1 unspecified atom stereocenters. The lowest BCUT2D eigenvalue weighted by molar-refractivity contribution is -0.156. The number of aromatic carboxylic acids is 1. The molecule has 5 heteroatoms. The standard InChI is InChI=1S/C20H21ClO4/c1-20(2,3)25-19(24)17(14-8-10-16(21)11-9-14)12-13-4-6-15(7-5-13)18(22)23/h4-11,17H,12H2,1-3H3,(H,22,23). The number of ether oxygens (including phenoxy) is 1. The number of carboxylic acid groups (broad SMARTS) is 1. The van der Waals surface area contributed by atoms with Crippen LogP contribution in [-0.4, -0.2) is 22.6 Å². The van der Waals surface area contributed by atoms with Crippen LogP contribution in [0.3, 0.4) is 0 Å². The summed E-state index contributed by atoms with van der Waals surface area (Å²) in [5, 5.41) is 9.59. The minimum atomic E-state index is -0.979. The van der Waals surface area contributed by atoms with Crippen LogP contribution in [0.5, 0.6) is 0 Å². The zero-order valence-corrected chi connectivity index (χ0v) is 15.2. The third kappa shape index (κ3) is 5.61. The van der Waals surface area contributed by atoms with Gasteiger partial charge >= 0.3 is 11.9 Å². The molecule has 0 fully saturated rings. The predicted octanol–water partition coefficient (Wildman–Crippen LogP) is 4.71. The Morgan fingerprint density at radius 1 is 1.04 bits per heavy atom. The van der Waals surface area contributed by atoms with Gasteiger partial charge in [0.2, 0.25) is 0 Å². The molecule has 0 radical (unpaired) electrons. The van der Waals surface area contributed by atoms with Crippen LogP contribution in [0.2, 0.25) is 5.02 Å². The zero-order valence-electron chi connectivity index (χ0n) is 14.5. The van der Waals surface area contributed by atoms with E-state index in [4.69, 9.17) is 21.4 Å². The van der Waals surface area contributed by atoms with E-state index in [1.54, 1.807) is 24.3 Å². The van der Waals surface area contributed by atoms with E-state index >= 15 is 0 Å². The Morgan fingerprint density at radius 2 is 1.60 bits per heavy atom. The van der Waals surface area contributed by atoms with Crippen LogP contribution in [0.1, 0.15) is 48.2 Å². The Bertz CT molecular complexity index is 743. The summed E-state index contributed by atoms with van der Waals surface area (Å²) in [6.45, 7) is 5.47. The number of carbonyl (C=O) groups excluding carboxylic acids is 1. The summed E-state index contributed by atoms with van der Waals surface area (Å²) in [5.74, 6) is -1.79. The minimum absolute atomic E-state index is 0.212. The van der Waals surface area contributed by atoms with E-state index in [9.17, 15) is 9.59 Å². The van der Waals surface area contributed by atoms with E-state index in [1.165, 1.54) is 12.1 Å². The Morgan fingerprint density at radius 3 is 2.08 bits per heavy atom. The highest BCUT2D eigenvalue weighted by Crippen LogP contribution is 2.26. The molecule has 0 aliphatic carbocycles. The summed E-state index contributed by atoms with van der Waals surface area (Å²) >= 11 is 5.94. The van der Waals surface area contributed by atoms with Crippen LogP contribution in [0.4, 0.5) is 0 Å². The van der Waals surface area contributed by atoms with Crippen molar-refractivity contribution >= 4 is 23.5 Å². The highest BCUT2D eigenvalue weighted by atomic mass is 35.5. The Hall–Kier alpha value is -2.33. The van der Waals surface area contributed by atoms with Gasteiger partial charge in [0.15, 0.2) is 0 Å². The van der Waals surface area contributed by atoms with Crippen LogP contribution >= 0.6 is 11.6 Å². The molecular formula is C20H21ClO4. The third-order valence-corrected chi connectivity index (χ3v) is 3.86. The largest absolute Gasteiger partial charge is 0.478 e. The van der Waals surface area contributed by atoms with Gasteiger partial charge in [0, 0.05) is 5.02 Å². The number of carbonyl (C=O) groups is 2. The van der Waals surface area contributed by atoms with Gasteiger partial charge in [-0.05, 0) is 62.6 Å². The van der Waals surface area contributed by atoms with E-state index < -0.39 is 17.5 Å². The topological polar surface area (TPSA) is 63.6 Å². The first kappa shape index (κ1) is 19.0. The number of carboxylic acids is 1. The smallest absolute Gasteiger partial charge is 0.335 e. The Balaban J connectivity index is 2.29. The van der Waals surface area contributed by atoms with Crippen molar-refractivity contribution in [2.45, 2.75) is 38.7 Å². The first-order valence-electron chi connectivity index (χ1n) is 7.96. The summed E-state index contributed by atoms with van der Waals surface area (Å²) in [5.41, 5.74) is 1.29. The molecule has 0 heterocycles. The fraction of sp³-hybridized carbons (Fsp3) is 0.300. The van der Waals surface area contributed by atoms with Gasteiger partial charge in [-0.25, -0.2) is 4.79 Å². The van der Waals surface area contributed by atoms with Gasteiger partial charge in [-0.1, -0.05) is 35.9 Å². The molecule has 25 heavy (non-hydrogen) atoms. The molecule has 2 rings (SSSR count). The van der Waals surface area contributed by atoms with Crippen molar-refractivity contribution in [3.05, 3.63) is 70.2 Å². The lowest BCUT2D eigenvalue weighted by Crippen LogP contribution is -2.28. The van der Waals surface area contributed by atoms with Crippen molar-refractivity contribution in [2.75, 3.05) is 0 Å². The minimum Gasteiger partial charge on any atom is -0.478 e. The second-order valence-corrected chi connectivity index (χ2v) is 7.28. The molecule has 0 aliphatic rings. The van der Waals surface area contributed by atoms with Gasteiger partial charge in [0.25, 0.3) is 0 Å². The molecule has 0 saturated carbocycles. The molecular weight excluding hydrogens is 340 g/mol. The number of esters is 1. The fourth-order valence-electron chi connectivity index (χ4n) is 2.42. The zero-order chi connectivity index (χ0) is 18.6. The Kier molecular flexibility index (Phi) is 5.85. The molecule has 0 amide bonds. The lowest BCUT2D eigenvalue weighted by Gasteiger charge is -2.24. The molecule has 0 saturated heterocycles. The summed E-state index contributed by atoms with van der Waals surface area (Å²) in [6.07, 6.45) is 0.413. The maximum Gasteiger partial charge on any atom is 0.335 e. The lowest BCUT2D eigenvalue weighted by atomic mass is 9.91. The molecule has 1 atom stereocenters. The Labute approximate surface area is 152 Å². The summed E-state index contributed by atoms with van der Waals surface area (Å²) in [4.78, 5) is 23.6. The maximum atomic E-state index is 12.7. The summed E-state index contributed by atoms with van der Waals surface area (Å²) < 4.78 is 5.55. The molecule has 1 N–H and O–H groups in total. The highest BCUT2D eigenvalue weighted by Gasteiger charge is 2.27. The molecule has 2 aromatic rings. The van der Waals surface area contributed by atoms with E-state index in [0.29, 0.717) is 11.4 Å². The van der Waals surface area contributed by atoms with Gasteiger partial charge < -0.3 is 9.84 Å². The quantitative estimate of drug-likeness (QED) is 0.784. The molecule has 0 bridgehead atoms. The van der Waals surface area contributed by atoms with Crippen molar-refractivity contribution < 1.29 is 19.4 Å². The predicted molar refractivity (Wildman–Crippen MR) is 97.1 cm³/mol. The summed E-state index contributed by atoms with van der Waals surface area (Å²) in [6, 6.07) is 13.6. The average molecular weight is 361 g/mol. The highest BCUT2D eigenvalue weighted by molar-refractivity contribution is 6.30. The first-order valence-corrected chi connectivity index (χ1v) is 8.34. The van der Waals surface area contributed by atoms with Crippen LogP contribution in [0, 0.1) is 0 Å². The number of halogens is 1. The van der Waals surface area contributed by atoms with Gasteiger partial charge in [-0.3, -0.25) is 4.79 Å². The van der Waals surface area contributed by atoms with E-state index in [2.05, 4.69) is 0 Å². The number of benzene rings is 2. The second-order valence-electron chi connectivity index (χ2n) is 6.84. The van der Waals surface area contributed by atoms with Gasteiger partial charge in [-0.15, -0.1) is 0 Å². The third-order valence-electron chi connectivity index (χ3n) is 3.60.